The largest absolute Gasteiger partial charge is 0.482 e. The maximum Gasteiger partial charge on any atom is 0.265 e. The Balaban J connectivity index is 0.000000182. The molecule has 0 aliphatic carbocycles. The molecule has 8 aromatic rings. The minimum Gasteiger partial charge on any atom is -0.482 e. The summed E-state index contributed by atoms with van der Waals surface area (Å²) in [5.74, 6) is -0.203. The van der Waals surface area contributed by atoms with Gasteiger partial charge in [0.1, 0.15) is 17.3 Å². The number of aryl methyl sites for hydroxylation is 2. The van der Waals surface area contributed by atoms with E-state index in [4.69, 9.17) is 36.6 Å². The third-order valence-electron chi connectivity index (χ3n) is 12.0. The van der Waals surface area contributed by atoms with Crippen molar-refractivity contribution in [3.63, 3.8) is 0 Å². The number of nitrogens with zero attached hydrogens (tertiary/aromatic N) is 6. The number of aromatic nitrogens is 4. The lowest BCUT2D eigenvalue weighted by atomic mass is 10.0. The molecule has 2 aliphatic rings. The zero-order chi connectivity index (χ0) is 52.6. The summed E-state index contributed by atoms with van der Waals surface area (Å²) in [4.78, 5) is 40.7. The number of sulfonamides is 2. The number of carbonyl (C=O) groups excluding carboxylic acids is 3. The topological polar surface area (TPSA) is 308 Å². The van der Waals surface area contributed by atoms with Crippen molar-refractivity contribution in [3.8, 4) is 45.1 Å². The van der Waals surface area contributed by atoms with Gasteiger partial charge in [-0.15, -0.1) is 0 Å². The molecule has 74 heavy (non-hydrogen) atoms. The molecule has 0 saturated heterocycles. The summed E-state index contributed by atoms with van der Waals surface area (Å²) in [6.07, 6.45) is 0. The monoisotopic (exact) mass is 1030 g/mol. The molecule has 6 aromatic carbocycles. The number of amidine groups is 1. The van der Waals surface area contributed by atoms with E-state index in [-0.39, 0.29) is 53.7 Å². The van der Waals surface area contributed by atoms with Gasteiger partial charge in [-0.3, -0.25) is 29.6 Å². The lowest BCUT2D eigenvalue weighted by Gasteiger charge is -2.30. The fourth-order valence-corrected chi connectivity index (χ4v) is 10.2. The van der Waals surface area contributed by atoms with E-state index < -0.39 is 26.0 Å². The van der Waals surface area contributed by atoms with Gasteiger partial charge in [-0.1, -0.05) is 66.7 Å². The Morgan fingerprint density at radius 1 is 0.568 bits per heavy atom. The second-order valence-corrected chi connectivity index (χ2v) is 20.3. The summed E-state index contributed by atoms with van der Waals surface area (Å²) in [6, 6.07) is 40.8. The van der Waals surface area contributed by atoms with Crippen LogP contribution in [0.1, 0.15) is 38.7 Å². The Labute approximate surface area is 424 Å². The molecule has 0 saturated carbocycles. The molecule has 0 spiro atoms. The highest BCUT2D eigenvalue weighted by Crippen LogP contribution is 2.40. The Hall–Kier alpha value is -8.96. The smallest absolute Gasteiger partial charge is 0.265 e. The fraction of sp³-hybridized carbons (Fsp3) is 0.115. The van der Waals surface area contributed by atoms with Crippen molar-refractivity contribution >= 4 is 55.0 Å². The summed E-state index contributed by atoms with van der Waals surface area (Å²) in [5.41, 5.74) is 19.5. The number of anilines is 2. The molecule has 0 fully saturated rings. The van der Waals surface area contributed by atoms with Crippen molar-refractivity contribution in [2.75, 3.05) is 23.0 Å². The first-order valence-corrected chi connectivity index (χ1v) is 25.7. The van der Waals surface area contributed by atoms with Crippen LogP contribution in [-0.4, -0.2) is 73.2 Å². The molecule has 2 aromatic heterocycles. The van der Waals surface area contributed by atoms with E-state index in [1.165, 1.54) is 12.1 Å². The number of hydrogen-bond acceptors (Lipinski definition) is 12. The van der Waals surface area contributed by atoms with Crippen molar-refractivity contribution in [2.45, 2.75) is 36.7 Å². The minimum absolute atomic E-state index is 0.00346. The summed E-state index contributed by atoms with van der Waals surface area (Å²) in [7, 11) is -7.88. The van der Waals surface area contributed by atoms with Crippen LogP contribution in [0.4, 0.5) is 11.4 Å². The molecular formula is C52H47N11O9S2. The summed E-state index contributed by atoms with van der Waals surface area (Å²) < 4.78 is 63.2. The number of benzene rings is 6. The number of nitrogens with one attached hydrogen (secondary N) is 1. The first-order chi connectivity index (χ1) is 35.2. The first-order valence-electron chi connectivity index (χ1n) is 22.6. The number of amides is 3. The Morgan fingerprint density at radius 3 is 1.41 bits per heavy atom. The minimum atomic E-state index is -3.94. The zero-order valence-electron chi connectivity index (χ0n) is 39.7. The van der Waals surface area contributed by atoms with Crippen LogP contribution in [0.5, 0.6) is 11.5 Å². The normalized spacial score (nSPS) is 13.2. The Morgan fingerprint density at radius 2 is 0.986 bits per heavy atom. The number of primary sulfonamides is 2. The van der Waals surface area contributed by atoms with Crippen molar-refractivity contribution in [1.29, 1.82) is 5.41 Å². The highest BCUT2D eigenvalue weighted by molar-refractivity contribution is 7.89. The molecule has 20 nitrogen and oxygen atoms in total. The van der Waals surface area contributed by atoms with Gasteiger partial charge >= 0.3 is 0 Å². The van der Waals surface area contributed by atoms with Gasteiger partial charge in [0.2, 0.25) is 26.0 Å². The van der Waals surface area contributed by atoms with Crippen molar-refractivity contribution in [1.82, 2.24) is 19.6 Å². The summed E-state index contributed by atoms with van der Waals surface area (Å²) in [6.45, 7) is 3.75. The summed E-state index contributed by atoms with van der Waals surface area (Å²) in [5, 5.41) is 27.7. The molecular weight excluding hydrogens is 987 g/mol. The molecule has 0 unspecified atom stereocenters. The van der Waals surface area contributed by atoms with E-state index in [1.54, 1.807) is 134 Å². The molecule has 2 aliphatic heterocycles. The average molecular weight is 1030 g/mol. The molecule has 0 atom stereocenters. The van der Waals surface area contributed by atoms with Gasteiger partial charge in [0.15, 0.2) is 13.2 Å². The number of fused-ring (bicyclic) bond motifs is 2. The quantitative estimate of drug-likeness (QED) is 0.0777. The maximum atomic E-state index is 12.9. The number of carbonyl (C=O) groups is 3. The van der Waals surface area contributed by atoms with Crippen molar-refractivity contribution in [3.05, 3.63) is 179 Å². The molecule has 4 heterocycles. The second-order valence-electron chi connectivity index (χ2n) is 17.2. The zero-order valence-corrected chi connectivity index (χ0v) is 41.3. The van der Waals surface area contributed by atoms with E-state index in [2.05, 4.69) is 10.2 Å². The number of nitrogen functional groups attached to an aromatic ring is 1. The fourth-order valence-electron chi connectivity index (χ4n) is 8.70. The predicted octanol–water partition coefficient (Wildman–Crippen LogP) is 5.22. The molecule has 0 radical (unpaired) electrons. The number of rotatable bonds is 12. The highest BCUT2D eigenvalue weighted by Gasteiger charge is 2.30. The van der Waals surface area contributed by atoms with Crippen LogP contribution in [0.25, 0.3) is 33.6 Å². The van der Waals surface area contributed by atoms with Crippen LogP contribution in [0.3, 0.4) is 0 Å². The van der Waals surface area contributed by atoms with Gasteiger partial charge in [0.05, 0.1) is 68.4 Å². The molecule has 22 heteroatoms. The Kier molecular flexibility index (Phi) is 13.5. The van der Waals surface area contributed by atoms with Gasteiger partial charge in [0.25, 0.3) is 11.8 Å². The second kappa shape index (κ2) is 19.9. The number of hydrogen-bond donors (Lipinski definition) is 5. The van der Waals surface area contributed by atoms with Crippen LogP contribution < -0.4 is 41.0 Å². The van der Waals surface area contributed by atoms with Gasteiger partial charge in [0, 0.05) is 22.3 Å². The molecule has 0 bridgehead atoms. The van der Waals surface area contributed by atoms with Crippen LogP contribution >= 0.6 is 0 Å². The predicted molar refractivity (Wildman–Crippen MR) is 276 cm³/mol. The molecule has 376 valence electrons. The van der Waals surface area contributed by atoms with E-state index in [0.29, 0.717) is 73.3 Å². The van der Waals surface area contributed by atoms with E-state index in [1.807, 2.05) is 32.0 Å². The summed E-state index contributed by atoms with van der Waals surface area (Å²) >= 11 is 0. The third-order valence-corrected chi connectivity index (χ3v) is 14.0. The molecule has 10 rings (SSSR count). The van der Waals surface area contributed by atoms with Crippen molar-refractivity contribution in [2.24, 2.45) is 21.7 Å². The lowest BCUT2D eigenvalue weighted by molar-refractivity contribution is -0.122. The van der Waals surface area contributed by atoms with E-state index >= 15 is 0 Å². The first kappa shape index (κ1) is 50.0. The number of nitrogens with two attached hydrogens (primary N) is 4. The average Bonchev–Trinajstić information content (AvgIpc) is 3.95. The van der Waals surface area contributed by atoms with Gasteiger partial charge in [-0.2, -0.15) is 10.2 Å². The lowest BCUT2D eigenvalue weighted by Crippen LogP contribution is -2.38. The van der Waals surface area contributed by atoms with Crippen LogP contribution in [0, 0.1) is 19.3 Å². The number of primary amides is 1. The van der Waals surface area contributed by atoms with Crippen LogP contribution in [0.2, 0.25) is 0 Å². The maximum absolute atomic E-state index is 12.9. The standard InChI is InChI=1S/C26H24N6O4S.C26H23N5O5S/c1-16-11-20(32(30-16)19-6-4-5-18(12-19)26(27)28)14-31-22-10-9-17(13-23(22)36-15-25(31)33)21-7-2-3-8-24(21)37(29,34)35;1-16-11-20(31(29-16)19-6-4-5-18(12-19)26(27)33)14-30-22-10-9-17(13-23(22)36-15-25(30)32)21-7-2-3-8-24(21)37(28,34)35/h2-13H,14-15H2,1H3,(H3,27,28)(H2,29,34,35);2-13H,14-15H2,1H3,(H2,27,33)(H2,28,34,35). The molecule has 3 amide bonds. The van der Waals surface area contributed by atoms with E-state index in [0.717, 1.165) is 17.1 Å². The van der Waals surface area contributed by atoms with Gasteiger partial charge in [-0.25, -0.2) is 36.5 Å². The highest BCUT2D eigenvalue weighted by atomic mass is 32.2. The van der Waals surface area contributed by atoms with Crippen LogP contribution in [0.15, 0.2) is 155 Å². The number of ether oxygens (including phenoxy) is 2. The van der Waals surface area contributed by atoms with Gasteiger partial charge < -0.3 is 20.9 Å². The van der Waals surface area contributed by atoms with Crippen LogP contribution in [-0.2, 0) is 42.7 Å². The third kappa shape index (κ3) is 10.4. The molecule has 9 N–H and O–H groups in total. The van der Waals surface area contributed by atoms with Crippen molar-refractivity contribution < 1.29 is 40.7 Å². The van der Waals surface area contributed by atoms with Gasteiger partial charge in [-0.05, 0) is 104 Å². The van der Waals surface area contributed by atoms with E-state index in [9.17, 15) is 31.2 Å². The SMILES string of the molecule is Cc1cc(CN2C(=O)COc3cc(-c4ccccc4S(N)(=O)=O)ccc32)n(-c2cccc(C(=N)N)c2)n1.Cc1cc(CN2C(=O)COc3cc(-c4ccccc4S(N)(=O)=O)ccc32)n(-c2cccc(C(N)=O)c2)n1. The Bertz CT molecular complexity index is 3570.